The number of aryl methyl sites for hydroxylation is 2. The molecule has 0 amide bonds. The number of hydrogen-bond donors (Lipinski definition) is 1. The van der Waals surface area contributed by atoms with Gasteiger partial charge in [0.1, 0.15) is 11.3 Å². The first-order valence-corrected chi connectivity index (χ1v) is 12.2. The molecule has 3 heterocycles. The Kier molecular flexibility index (Phi) is 6.76. The summed E-state index contributed by atoms with van der Waals surface area (Å²) in [7, 11) is 1.57. The lowest BCUT2D eigenvalue weighted by Gasteiger charge is -2.17. The molecule has 212 valence electrons. The van der Waals surface area contributed by atoms with Crippen molar-refractivity contribution in [1.82, 2.24) is 18.9 Å². The molecule has 7 nitrogen and oxygen atoms in total. The number of aromatic nitrogens is 4. The number of carbonyl (C=O) groups excluding carboxylic acids is 1. The van der Waals surface area contributed by atoms with Crippen molar-refractivity contribution in [2.75, 3.05) is 12.3 Å². The lowest BCUT2D eigenvalue weighted by Crippen LogP contribution is -2.11. The fourth-order valence-electron chi connectivity index (χ4n) is 4.65. The van der Waals surface area contributed by atoms with Crippen LogP contribution in [0.25, 0.3) is 33.8 Å². The number of rotatable bonds is 6. The van der Waals surface area contributed by atoms with Crippen LogP contribution in [0.3, 0.4) is 0 Å². The van der Waals surface area contributed by atoms with E-state index in [0.29, 0.717) is 18.0 Å². The van der Waals surface area contributed by atoms with Gasteiger partial charge in [-0.25, -0.2) is 23.1 Å². The summed E-state index contributed by atoms with van der Waals surface area (Å²) in [6.07, 6.45) is -0.923. The molecular weight excluding hydrogens is 552 g/mol. The Balaban J connectivity index is 1.86. The van der Waals surface area contributed by atoms with E-state index in [0.717, 1.165) is 6.07 Å². The first-order valence-electron chi connectivity index (χ1n) is 12.2. The van der Waals surface area contributed by atoms with Crippen LogP contribution in [0, 0.1) is 24.4 Å². The summed E-state index contributed by atoms with van der Waals surface area (Å²) in [5, 5.41) is 0. The van der Waals surface area contributed by atoms with Crippen molar-refractivity contribution in [3.05, 3.63) is 88.7 Å². The number of nitrogens with zero attached hydrogens (tertiary/aromatic N) is 4. The van der Waals surface area contributed by atoms with Gasteiger partial charge in [-0.2, -0.15) is 13.2 Å². The summed E-state index contributed by atoms with van der Waals surface area (Å²) in [5.41, 5.74) is 4.43. The predicted octanol–water partition coefficient (Wildman–Crippen LogP) is 6.45. The summed E-state index contributed by atoms with van der Waals surface area (Å²) < 4.78 is 92.8. The number of fused-ring (bicyclic) bond motifs is 2. The molecule has 5 rings (SSSR count). The van der Waals surface area contributed by atoms with Crippen LogP contribution < -0.4 is 5.73 Å². The van der Waals surface area contributed by atoms with E-state index in [1.807, 2.05) is 0 Å². The van der Waals surface area contributed by atoms with Crippen LogP contribution in [-0.4, -0.2) is 31.3 Å². The number of pyridine rings is 1. The van der Waals surface area contributed by atoms with E-state index in [4.69, 9.17) is 10.5 Å². The average molecular weight is 573 g/mol. The van der Waals surface area contributed by atoms with Crippen molar-refractivity contribution in [2.45, 2.75) is 20.0 Å². The van der Waals surface area contributed by atoms with E-state index >= 15 is 0 Å². The molecule has 0 aliphatic carbocycles. The number of nitrogen functional groups attached to an aromatic ring is 1. The van der Waals surface area contributed by atoms with Crippen LogP contribution in [-0.2, 0) is 18.0 Å². The molecule has 0 bridgehead atoms. The molecule has 5 aromatic rings. The maximum Gasteiger partial charge on any atom is 0.417 e. The van der Waals surface area contributed by atoms with Crippen molar-refractivity contribution in [2.24, 2.45) is 7.05 Å². The van der Waals surface area contributed by atoms with Gasteiger partial charge in [0.2, 0.25) is 5.78 Å². The molecule has 2 N–H and O–H groups in total. The number of alkyl halides is 3. The van der Waals surface area contributed by atoms with Gasteiger partial charge in [-0.15, -0.1) is 0 Å². The largest absolute Gasteiger partial charge is 0.501 e. The quantitative estimate of drug-likeness (QED) is 0.0829. The summed E-state index contributed by atoms with van der Waals surface area (Å²) in [5.74, 6) is -5.91. The van der Waals surface area contributed by atoms with Crippen LogP contribution in [0.4, 0.5) is 32.0 Å². The molecule has 3 aromatic heterocycles. The number of benzene rings is 2. The first-order chi connectivity index (χ1) is 19.3. The van der Waals surface area contributed by atoms with Crippen molar-refractivity contribution >= 4 is 34.1 Å². The second-order valence-corrected chi connectivity index (χ2v) is 9.10. The highest BCUT2D eigenvalue weighted by Crippen LogP contribution is 2.45. The van der Waals surface area contributed by atoms with Gasteiger partial charge in [0.25, 0.3) is 0 Å². The Hall–Kier alpha value is -4.81. The molecular formula is C28H21F6N5O2. The van der Waals surface area contributed by atoms with E-state index in [2.05, 4.69) is 9.97 Å². The van der Waals surface area contributed by atoms with Crippen LogP contribution in [0.15, 0.2) is 42.8 Å². The Morgan fingerprint density at radius 2 is 1.80 bits per heavy atom. The number of hydrogen-bond acceptors (Lipinski definition) is 5. The number of imidazole rings is 2. The fourth-order valence-corrected chi connectivity index (χ4v) is 4.65. The van der Waals surface area contributed by atoms with E-state index in [1.54, 1.807) is 20.9 Å². The number of ether oxygens (including phenoxy) is 1. The molecule has 0 spiro atoms. The van der Waals surface area contributed by atoms with Crippen LogP contribution in [0.1, 0.15) is 40.2 Å². The van der Waals surface area contributed by atoms with E-state index in [-0.39, 0.29) is 40.1 Å². The van der Waals surface area contributed by atoms with Gasteiger partial charge in [-0.1, -0.05) is 6.07 Å². The maximum atomic E-state index is 14.5. The second-order valence-electron chi connectivity index (χ2n) is 9.10. The van der Waals surface area contributed by atoms with Crippen molar-refractivity contribution in [1.29, 1.82) is 0 Å². The van der Waals surface area contributed by atoms with Gasteiger partial charge in [0.15, 0.2) is 23.3 Å². The minimum atomic E-state index is -4.84. The SMILES string of the molecule is CCOC=Cc1nc(C(=O)c2cc(F)c(F)c(F)c2)n2cccc(-c3c(C(F)(F)F)cc4c(nc(C)n4C)c3N)c12. The Morgan fingerprint density at radius 3 is 2.44 bits per heavy atom. The fraction of sp³-hybridized carbons (Fsp3) is 0.179. The summed E-state index contributed by atoms with van der Waals surface area (Å²) >= 11 is 0. The molecule has 0 saturated heterocycles. The Morgan fingerprint density at radius 1 is 1.12 bits per heavy atom. The molecule has 0 saturated carbocycles. The molecule has 0 aliphatic rings. The minimum absolute atomic E-state index is 0.00489. The second kappa shape index (κ2) is 9.98. The number of nitrogens with two attached hydrogens (primary N) is 1. The Bertz CT molecular complexity index is 1860. The molecule has 0 radical (unpaired) electrons. The summed E-state index contributed by atoms with van der Waals surface area (Å²) in [4.78, 5) is 22.0. The third-order valence-corrected chi connectivity index (χ3v) is 6.64. The normalized spacial score (nSPS) is 12.2. The lowest BCUT2D eigenvalue weighted by atomic mass is 9.95. The van der Waals surface area contributed by atoms with E-state index in [1.165, 1.54) is 39.6 Å². The average Bonchev–Trinajstić information content (AvgIpc) is 3.43. The highest BCUT2D eigenvalue weighted by Gasteiger charge is 2.37. The van der Waals surface area contributed by atoms with Gasteiger partial charge in [-0.05, 0) is 38.1 Å². The van der Waals surface area contributed by atoms with Crippen molar-refractivity contribution in [3.8, 4) is 11.1 Å². The smallest absolute Gasteiger partial charge is 0.417 e. The van der Waals surface area contributed by atoms with E-state index in [9.17, 15) is 31.1 Å². The third kappa shape index (κ3) is 4.56. The molecule has 0 unspecified atom stereocenters. The zero-order chi connectivity index (χ0) is 29.8. The number of anilines is 1. The summed E-state index contributed by atoms with van der Waals surface area (Å²) in [6, 6.07) is 4.73. The molecule has 0 atom stereocenters. The van der Waals surface area contributed by atoms with Gasteiger partial charge in [0.05, 0.1) is 40.8 Å². The topological polar surface area (TPSA) is 87.4 Å². The molecule has 0 fully saturated rings. The zero-order valence-corrected chi connectivity index (χ0v) is 21.8. The molecule has 0 aliphatic heterocycles. The first kappa shape index (κ1) is 27.7. The minimum Gasteiger partial charge on any atom is -0.501 e. The molecule has 41 heavy (non-hydrogen) atoms. The van der Waals surface area contributed by atoms with Gasteiger partial charge in [-0.3, -0.25) is 9.20 Å². The standard InChI is InChI=1S/C28H21F6N5O2/c1-4-41-9-7-19-25-15(21-16(28(32,33)34)12-20-24(23(21)35)36-13(2)38(20)3)6-5-8-39(25)27(37-19)26(40)14-10-17(29)22(31)18(30)11-14/h5-12H,4,35H2,1-3H3. The number of ketones is 1. The highest BCUT2D eigenvalue weighted by atomic mass is 19.4. The third-order valence-electron chi connectivity index (χ3n) is 6.64. The zero-order valence-electron chi connectivity index (χ0n) is 21.8. The van der Waals surface area contributed by atoms with Crippen LogP contribution in [0.2, 0.25) is 0 Å². The predicted molar refractivity (Wildman–Crippen MR) is 139 cm³/mol. The lowest BCUT2D eigenvalue weighted by molar-refractivity contribution is -0.137. The van der Waals surface area contributed by atoms with Crippen LogP contribution in [0.5, 0.6) is 0 Å². The number of carbonyl (C=O) groups is 1. The number of halogens is 6. The maximum absolute atomic E-state index is 14.5. The molecule has 2 aromatic carbocycles. The van der Waals surface area contributed by atoms with Crippen molar-refractivity contribution < 1.29 is 35.9 Å². The molecule has 13 heteroatoms. The van der Waals surface area contributed by atoms with Gasteiger partial charge >= 0.3 is 6.18 Å². The van der Waals surface area contributed by atoms with E-state index < -0.39 is 51.9 Å². The Labute approximate surface area is 228 Å². The van der Waals surface area contributed by atoms with Crippen LogP contribution >= 0.6 is 0 Å². The van der Waals surface area contributed by atoms with Crippen molar-refractivity contribution in [3.63, 3.8) is 0 Å². The van der Waals surface area contributed by atoms with Gasteiger partial charge < -0.3 is 15.0 Å². The van der Waals surface area contributed by atoms with Gasteiger partial charge in [0, 0.05) is 36.0 Å². The monoisotopic (exact) mass is 573 g/mol. The summed E-state index contributed by atoms with van der Waals surface area (Å²) in [6.45, 7) is 3.59. The highest BCUT2D eigenvalue weighted by molar-refractivity contribution is 6.09.